The summed E-state index contributed by atoms with van der Waals surface area (Å²) in [4.78, 5) is 11.4. The van der Waals surface area contributed by atoms with Gasteiger partial charge in [0.05, 0.1) is 5.54 Å². The summed E-state index contributed by atoms with van der Waals surface area (Å²) in [5.41, 5.74) is 1.29. The zero-order valence-electron chi connectivity index (χ0n) is 10.0. The Bertz CT molecular complexity index is 409. The Kier molecular flexibility index (Phi) is 3.73. The number of hydrogen-bond acceptors (Lipinski definition) is 2. The van der Waals surface area contributed by atoms with E-state index in [1.54, 1.807) is 0 Å². The maximum Gasteiger partial charge on any atom is 0.162 e. The van der Waals surface area contributed by atoms with E-state index in [1.165, 1.54) is 0 Å². The molecule has 84 valence electrons. The SMILES string of the molecule is C#CC(C)(C)Nc1ccc(C(=O)CC)cc1. The van der Waals surface area contributed by atoms with Crippen LogP contribution in [0.1, 0.15) is 37.6 Å². The third kappa shape index (κ3) is 3.13. The van der Waals surface area contributed by atoms with Crippen LogP contribution in [0, 0.1) is 12.3 Å². The van der Waals surface area contributed by atoms with E-state index in [2.05, 4.69) is 11.2 Å². The third-order valence-electron chi connectivity index (χ3n) is 2.35. The number of terminal acetylenes is 1. The van der Waals surface area contributed by atoms with E-state index in [0.717, 1.165) is 11.3 Å². The molecule has 0 aliphatic heterocycles. The van der Waals surface area contributed by atoms with Gasteiger partial charge in [-0.3, -0.25) is 4.79 Å². The zero-order valence-corrected chi connectivity index (χ0v) is 10.0. The summed E-state index contributed by atoms with van der Waals surface area (Å²) in [7, 11) is 0. The molecule has 0 unspecified atom stereocenters. The number of rotatable bonds is 4. The van der Waals surface area contributed by atoms with Crippen molar-refractivity contribution in [3.8, 4) is 12.3 Å². The van der Waals surface area contributed by atoms with Crippen LogP contribution < -0.4 is 5.32 Å². The average Bonchev–Trinajstić information content (AvgIpc) is 2.28. The number of nitrogens with one attached hydrogen (secondary N) is 1. The van der Waals surface area contributed by atoms with Crippen LogP contribution in [0.2, 0.25) is 0 Å². The van der Waals surface area contributed by atoms with Gasteiger partial charge in [0.1, 0.15) is 0 Å². The quantitative estimate of drug-likeness (QED) is 0.617. The average molecular weight is 215 g/mol. The highest BCUT2D eigenvalue weighted by molar-refractivity contribution is 5.96. The van der Waals surface area contributed by atoms with Crippen LogP contribution in [0.15, 0.2) is 24.3 Å². The minimum atomic E-state index is -0.379. The molecule has 0 saturated heterocycles. The van der Waals surface area contributed by atoms with Gasteiger partial charge in [0, 0.05) is 17.7 Å². The predicted octanol–water partition coefficient (Wildman–Crippen LogP) is 3.10. The lowest BCUT2D eigenvalue weighted by atomic mass is 10.1. The minimum absolute atomic E-state index is 0.155. The summed E-state index contributed by atoms with van der Waals surface area (Å²) < 4.78 is 0. The number of carbonyl (C=O) groups is 1. The van der Waals surface area contributed by atoms with Crippen LogP contribution >= 0.6 is 0 Å². The second-order valence-electron chi connectivity index (χ2n) is 4.25. The van der Waals surface area contributed by atoms with Crippen LogP contribution in [-0.2, 0) is 0 Å². The van der Waals surface area contributed by atoms with Gasteiger partial charge in [-0.1, -0.05) is 12.8 Å². The van der Waals surface area contributed by atoms with Gasteiger partial charge in [-0.15, -0.1) is 6.42 Å². The molecule has 0 aliphatic rings. The fraction of sp³-hybridized carbons (Fsp3) is 0.357. The Morgan fingerprint density at radius 2 is 1.94 bits per heavy atom. The molecule has 0 fully saturated rings. The van der Waals surface area contributed by atoms with E-state index in [4.69, 9.17) is 6.42 Å². The van der Waals surface area contributed by atoms with Gasteiger partial charge in [-0.25, -0.2) is 0 Å². The van der Waals surface area contributed by atoms with Crippen molar-refractivity contribution >= 4 is 11.5 Å². The lowest BCUT2D eigenvalue weighted by Crippen LogP contribution is -2.28. The normalized spacial score (nSPS) is 10.6. The fourth-order valence-corrected chi connectivity index (χ4v) is 1.34. The molecule has 0 spiro atoms. The number of carbonyl (C=O) groups excluding carboxylic acids is 1. The van der Waals surface area contributed by atoms with Crippen LogP contribution in [0.25, 0.3) is 0 Å². The number of benzene rings is 1. The second-order valence-corrected chi connectivity index (χ2v) is 4.25. The monoisotopic (exact) mass is 215 g/mol. The summed E-state index contributed by atoms with van der Waals surface area (Å²) in [5.74, 6) is 2.82. The molecule has 0 atom stereocenters. The second kappa shape index (κ2) is 4.85. The molecule has 0 amide bonds. The molecule has 0 saturated carbocycles. The third-order valence-corrected chi connectivity index (χ3v) is 2.35. The van der Waals surface area contributed by atoms with Gasteiger partial charge in [-0.05, 0) is 38.1 Å². The number of Topliss-reactive ketones (excluding diaryl/α,β-unsaturated/α-hetero) is 1. The van der Waals surface area contributed by atoms with Crippen LogP contribution in [0.4, 0.5) is 5.69 Å². The highest BCUT2D eigenvalue weighted by atomic mass is 16.1. The molecular formula is C14H17NO. The number of ketones is 1. The van der Waals surface area contributed by atoms with Crippen molar-refractivity contribution in [3.05, 3.63) is 29.8 Å². The molecule has 1 N–H and O–H groups in total. The zero-order chi connectivity index (χ0) is 12.2. The highest BCUT2D eigenvalue weighted by Crippen LogP contribution is 2.16. The van der Waals surface area contributed by atoms with E-state index in [0.29, 0.717) is 6.42 Å². The molecule has 1 aromatic carbocycles. The molecular weight excluding hydrogens is 198 g/mol. The maximum absolute atomic E-state index is 11.4. The summed E-state index contributed by atoms with van der Waals surface area (Å²) in [6.07, 6.45) is 5.92. The minimum Gasteiger partial charge on any atom is -0.370 e. The van der Waals surface area contributed by atoms with Gasteiger partial charge in [0.2, 0.25) is 0 Å². The van der Waals surface area contributed by atoms with Crippen molar-refractivity contribution < 1.29 is 4.79 Å². The molecule has 0 aromatic heterocycles. The Morgan fingerprint density at radius 3 is 2.38 bits per heavy atom. The van der Waals surface area contributed by atoms with Gasteiger partial charge in [0.25, 0.3) is 0 Å². The van der Waals surface area contributed by atoms with Gasteiger partial charge in [-0.2, -0.15) is 0 Å². The molecule has 0 heterocycles. The van der Waals surface area contributed by atoms with Crippen molar-refractivity contribution in [1.29, 1.82) is 0 Å². The summed E-state index contributed by atoms with van der Waals surface area (Å²) in [5, 5.41) is 3.20. The van der Waals surface area contributed by atoms with Crippen molar-refractivity contribution in [1.82, 2.24) is 0 Å². The van der Waals surface area contributed by atoms with Crippen LogP contribution in [-0.4, -0.2) is 11.3 Å². The van der Waals surface area contributed by atoms with E-state index in [-0.39, 0.29) is 11.3 Å². The van der Waals surface area contributed by atoms with E-state index in [1.807, 2.05) is 45.0 Å². The Balaban J connectivity index is 2.81. The summed E-state index contributed by atoms with van der Waals surface area (Å²) in [6.45, 7) is 5.71. The lowest BCUT2D eigenvalue weighted by molar-refractivity contribution is 0.0988. The molecule has 0 bridgehead atoms. The first kappa shape index (κ1) is 12.3. The lowest BCUT2D eigenvalue weighted by Gasteiger charge is -2.21. The summed E-state index contributed by atoms with van der Waals surface area (Å²) >= 11 is 0. The topological polar surface area (TPSA) is 29.1 Å². The van der Waals surface area contributed by atoms with Crippen molar-refractivity contribution in [2.45, 2.75) is 32.7 Å². The first-order valence-electron chi connectivity index (χ1n) is 5.37. The van der Waals surface area contributed by atoms with E-state index in [9.17, 15) is 4.79 Å². The van der Waals surface area contributed by atoms with Gasteiger partial charge in [0.15, 0.2) is 5.78 Å². The molecule has 1 aromatic rings. The Morgan fingerprint density at radius 1 is 1.38 bits per heavy atom. The smallest absolute Gasteiger partial charge is 0.162 e. The van der Waals surface area contributed by atoms with Gasteiger partial charge < -0.3 is 5.32 Å². The molecule has 2 nitrogen and oxygen atoms in total. The van der Waals surface area contributed by atoms with Crippen molar-refractivity contribution in [3.63, 3.8) is 0 Å². The largest absolute Gasteiger partial charge is 0.370 e. The first-order valence-corrected chi connectivity index (χ1v) is 5.37. The Labute approximate surface area is 97.1 Å². The number of anilines is 1. The molecule has 0 radical (unpaired) electrons. The molecule has 16 heavy (non-hydrogen) atoms. The molecule has 1 rings (SSSR count). The first-order chi connectivity index (χ1) is 7.48. The predicted molar refractivity (Wildman–Crippen MR) is 67.6 cm³/mol. The fourth-order valence-electron chi connectivity index (χ4n) is 1.34. The van der Waals surface area contributed by atoms with E-state index >= 15 is 0 Å². The highest BCUT2D eigenvalue weighted by Gasteiger charge is 2.12. The Hall–Kier alpha value is -1.75. The van der Waals surface area contributed by atoms with Gasteiger partial charge >= 0.3 is 0 Å². The standard InChI is InChI=1S/C14H17NO/c1-5-13(16)11-7-9-12(10-8-11)15-14(3,4)6-2/h2,7-10,15H,5H2,1,3-4H3. The van der Waals surface area contributed by atoms with E-state index < -0.39 is 0 Å². The molecule has 0 aliphatic carbocycles. The summed E-state index contributed by atoms with van der Waals surface area (Å²) in [6, 6.07) is 7.39. The maximum atomic E-state index is 11.4. The van der Waals surface area contributed by atoms with Crippen LogP contribution in [0.5, 0.6) is 0 Å². The van der Waals surface area contributed by atoms with Crippen molar-refractivity contribution in [2.24, 2.45) is 0 Å². The van der Waals surface area contributed by atoms with Crippen LogP contribution in [0.3, 0.4) is 0 Å². The number of hydrogen-bond donors (Lipinski definition) is 1. The van der Waals surface area contributed by atoms with Crippen molar-refractivity contribution in [2.75, 3.05) is 5.32 Å². The molecule has 2 heteroatoms.